The van der Waals surface area contributed by atoms with Crippen LogP contribution in [0.25, 0.3) is 0 Å². The molecule has 3 heteroatoms. The van der Waals surface area contributed by atoms with E-state index in [1.807, 2.05) is 13.8 Å². The summed E-state index contributed by atoms with van der Waals surface area (Å²) in [6.45, 7) is 3.91. The van der Waals surface area contributed by atoms with Crippen molar-refractivity contribution in [3.8, 4) is 0 Å². The standard InChI is InChI=1S/C6H13IO2/c1-6(2,7)3-5(9)4-8/h5,8-9H,3-4H2,1-2H3. The van der Waals surface area contributed by atoms with E-state index in [0.29, 0.717) is 6.42 Å². The second-order valence-electron chi connectivity index (χ2n) is 2.76. The largest absolute Gasteiger partial charge is 0.394 e. The van der Waals surface area contributed by atoms with E-state index in [9.17, 15) is 0 Å². The molecule has 0 aromatic heterocycles. The monoisotopic (exact) mass is 244 g/mol. The van der Waals surface area contributed by atoms with Crippen molar-refractivity contribution in [3.63, 3.8) is 0 Å². The Morgan fingerprint density at radius 1 is 1.56 bits per heavy atom. The average molecular weight is 244 g/mol. The summed E-state index contributed by atoms with van der Waals surface area (Å²) < 4.78 is 0.0832. The van der Waals surface area contributed by atoms with E-state index in [1.54, 1.807) is 0 Å². The van der Waals surface area contributed by atoms with Crippen molar-refractivity contribution in [2.24, 2.45) is 0 Å². The van der Waals surface area contributed by atoms with Gasteiger partial charge in [-0.15, -0.1) is 0 Å². The Bertz CT molecular complexity index is 77.6. The Morgan fingerprint density at radius 2 is 2.00 bits per heavy atom. The molecule has 1 unspecified atom stereocenters. The molecule has 0 saturated heterocycles. The summed E-state index contributed by atoms with van der Waals surface area (Å²) in [7, 11) is 0. The fraction of sp³-hybridized carbons (Fsp3) is 1.00. The normalized spacial score (nSPS) is 15.7. The van der Waals surface area contributed by atoms with Crippen molar-refractivity contribution < 1.29 is 10.2 Å². The van der Waals surface area contributed by atoms with E-state index in [-0.39, 0.29) is 10.0 Å². The number of aliphatic hydroxyl groups is 2. The maximum atomic E-state index is 8.94. The van der Waals surface area contributed by atoms with Crippen LogP contribution in [0.4, 0.5) is 0 Å². The van der Waals surface area contributed by atoms with Crippen LogP contribution in [0.5, 0.6) is 0 Å². The first-order valence-electron chi connectivity index (χ1n) is 2.93. The Kier molecular flexibility index (Phi) is 4.00. The summed E-state index contributed by atoms with van der Waals surface area (Å²) in [6, 6.07) is 0. The van der Waals surface area contributed by atoms with E-state index in [4.69, 9.17) is 10.2 Å². The lowest BCUT2D eigenvalue weighted by molar-refractivity contribution is 0.0835. The molecule has 0 radical (unpaired) electrons. The molecule has 1 atom stereocenters. The van der Waals surface area contributed by atoms with Crippen LogP contribution in [-0.2, 0) is 0 Å². The third-order valence-corrected chi connectivity index (χ3v) is 1.37. The van der Waals surface area contributed by atoms with Gasteiger partial charge in [-0.2, -0.15) is 0 Å². The number of hydrogen-bond acceptors (Lipinski definition) is 2. The Hall–Kier alpha value is 0.650. The SMILES string of the molecule is CC(C)(I)CC(O)CO. The van der Waals surface area contributed by atoms with E-state index in [0.717, 1.165) is 0 Å². The van der Waals surface area contributed by atoms with Gasteiger partial charge in [-0.05, 0) is 6.42 Å². The second-order valence-corrected chi connectivity index (χ2v) is 5.68. The first kappa shape index (κ1) is 9.65. The molecule has 0 amide bonds. The van der Waals surface area contributed by atoms with Crippen molar-refractivity contribution in [2.75, 3.05) is 6.61 Å². The topological polar surface area (TPSA) is 40.5 Å². The summed E-state index contributed by atoms with van der Waals surface area (Å²) in [5.41, 5.74) is 0. The minimum atomic E-state index is -0.558. The predicted octanol–water partition coefficient (Wildman–Crippen LogP) is 0.943. The highest BCUT2D eigenvalue weighted by atomic mass is 127. The summed E-state index contributed by atoms with van der Waals surface area (Å²) in [5, 5.41) is 17.4. The number of halogens is 1. The van der Waals surface area contributed by atoms with Gasteiger partial charge in [0.2, 0.25) is 0 Å². The zero-order valence-electron chi connectivity index (χ0n) is 5.76. The van der Waals surface area contributed by atoms with Crippen molar-refractivity contribution in [3.05, 3.63) is 0 Å². The highest BCUT2D eigenvalue weighted by Crippen LogP contribution is 2.22. The van der Waals surface area contributed by atoms with Gasteiger partial charge in [-0.1, -0.05) is 36.4 Å². The van der Waals surface area contributed by atoms with E-state index >= 15 is 0 Å². The number of alkyl halides is 1. The minimum absolute atomic E-state index is 0.0832. The number of hydrogen-bond donors (Lipinski definition) is 2. The smallest absolute Gasteiger partial charge is 0.0783 e. The first-order valence-corrected chi connectivity index (χ1v) is 4.01. The maximum absolute atomic E-state index is 8.94. The molecule has 0 aliphatic heterocycles. The van der Waals surface area contributed by atoms with Crippen LogP contribution >= 0.6 is 22.6 Å². The molecule has 9 heavy (non-hydrogen) atoms. The van der Waals surface area contributed by atoms with Crippen LogP contribution in [0.2, 0.25) is 0 Å². The van der Waals surface area contributed by atoms with Crippen molar-refractivity contribution in [1.82, 2.24) is 0 Å². The van der Waals surface area contributed by atoms with E-state index in [1.165, 1.54) is 0 Å². The molecule has 56 valence electrons. The first-order chi connectivity index (χ1) is 3.95. The van der Waals surface area contributed by atoms with Gasteiger partial charge in [-0.25, -0.2) is 0 Å². The summed E-state index contributed by atoms with van der Waals surface area (Å²) in [5.74, 6) is 0. The van der Waals surface area contributed by atoms with Gasteiger partial charge in [0.05, 0.1) is 12.7 Å². The van der Waals surface area contributed by atoms with Crippen LogP contribution in [0.3, 0.4) is 0 Å². The molecule has 0 aliphatic rings. The van der Waals surface area contributed by atoms with Crippen LogP contribution in [0.1, 0.15) is 20.3 Å². The maximum Gasteiger partial charge on any atom is 0.0783 e. The molecule has 0 aromatic carbocycles. The zero-order chi connectivity index (χ0) is 7.49. The molecule has 0 fully saturated rings. The van der Waals surface area contributed by atoms with Gasteiger partial charge in [0.1, 0.15) is 0 Å². The van der Waals surface area contributed by atoms with Crippen LogP contribution in [-0.4, -0.2) is 26.3 Å². The summed E-state index contributed by atoms with van der Waals surface area (Å²) in [4.78, 5) is 0. The van der Waals surface area contributed by atoms with Gasteiger partial charge >= 0.3 is 0 Å². The molecule has 0 bridgehead atoms. The van der Waals surface area contributed by atoms with E-state index < -0.39 is 6.10 Å². The fourth-order valence-electron chi connectivity index (χ4n) is 0.625. The van der Waals surface area contributed by atoms with Gasteiger partial charge in [0.15, 0.2) is 0 Å². The van der Waals surface area contributed by atoms with Crippen LogP contribution in [0.15, 0.2) is 0 Å². The lowest BCUT2D eigenvalue weighted by atomic mass is 10.1. The van der Waals surface area contributed by atoms with E-state index in [2.05, 4.69) is 22.6 Å². The predicted molar refractivity (Wildman–Crippen MR) is 45.8 cm³/mol. The molecule has 0 rings (SSSR count). The van der Waals surface area contributed by atoms with Crippen LogP contribution < -0.4 is 0 Å². The lowest BCUT2D eigenvalue weighted by Gasteiger charge is -2.18. The highest BCUT2D eigenvalue weighted by Gasteiger charge is 2.17. The highest BCUT2D eigenvalue weighted by molar-refractivity contribution is 14.1. The molecule has 0 aliphatic carbocycles. The van der Waals surface area contributed by atoms with Crippen LogP contribution in [0, 0.1) is 0 Å². The lowest BCUT2D eigenvalue weighted by Crippen LogP contribution is -2.22. The number of rotatable bonds is 3. The molecule has 0 spiro atoms. The Morgan fingerprint density at radius 3 is 2.11 bits per heavy atom. The zero-order valence-corrected chi connectivity index (χ0v) is 7.92. The quantitative estimate of drug-likeness (QED) is 0.573. The van der Waals surface area contributed by atoms with Crippen molar-refractivity contribution >= 4 is 22.6 Å². The second kappa shape index (κ2) is 3.73. The van der Waals surface area contributed by atoms with Gasteiger partial charge in [0.25, 0.3) is 0 Å². The number of aliphatic hydroxyl groups excluding tert-OH is 2. The third-order valence-electron chi connectivity index (χ3n) is 0.932. The molecule has 0 aromatic rings. The minimum Gasteiger partial charge on any atom is -0.394 e. The van der Waals surface area contributed by atoms with Crippen molar-refractivity contribution in [2.45, 2.75) is 29.8 Å². The Labute approximate surface area is 69.4 Å². The summed E-state index contributed by atoms with van der Waals surface area (Å²) in [6.07, 6.45) is 0.0845. The molecule has 0 saturated carbocycles. The molecule has 2 nitrogen and oxygen atoms in total. The summed E-state index contributed by atoms with van der Waals surface area (Å²) >= 11 is 2.24. The van der Waals surface area contributed by atoms with Gasteiger partial charge in [0, 0.05) is 3.42 Å². The van der Waals surface area contributed by atoms with Gasteiger partial charge < -0.3 is 10.2 Å². The molecule has 2 N–H and O–H groups in total. The third kappa shape index (κ3) is 6.54. The molecular formula is C6H13IO2. The van der Waals surface area contributed by atoms with Crippen molar-refractivity contribution in [1.29, 1.82) is 0 Å². The fourth-order valence-corrected chi connectivity index (χ4v) is 1.13. The molecule has 0 heterocycles. The molecular weight excluding hydrogens is 231 g/mol. The van der Waals surface area contributed by atoms with Gasteiger partial charge in [-0.3, -0.25) is 0 Å². The average Bonchev–Trinajstić information content (AvgIpc) is 1.62. The Balaban J connectivity index is 3.47.